The van der Waals surface area contributed by atoms with Crippen molar-refractivity contribution in [1.82, 2.24) is 9.97 Å². The molecule has 0 spiro atoms. The lowest BCUT2D eigenvalue weighted by Gasteiger charge is -2.06. The Kier molecular flexibility index (Phi) is 3.85. The average Bonchev–Trinajstić information content (AvgIpc) is 2.25. The van der Waals surface area contributed by atoms with E-state index in [1.165, 1.54) is 0 Å². The van der Waals surface area contributed by atoms with Gasteiger partial charge < -0.3 is 0 Å². The maximum absolute atomic E-state index is 5.91. The molecular weight excluding hydrogens is 379 g/mol. The van der Waals surface area contributed by atoms with Crippen molar-refractivity contribution in [3.63, 3.8) is 0 Å². The summed E-state index contributed by atoms with van der Waals surface area (Å²) < 4.78 is 1.39. The molecule has 16 heavy (non-hydrogen) atoms. The molecule has 2 rings (SSSR count). The molecule has 0 amide bonds. The molecule has 2 heterocycles. The third-order valence-corrected chi connectivity index (χ3v) is 3.58. The molecule has 2 aromatic rings. The molecular formula is C10H4Br2Cl2N2. The molecule has 0 aliphatic heterocycles. The van der Waals surface area contributed by atoms with Gasteiger partial charge in [-0.1, -0.05) is 23.2 Å². The normalized spacial score (nSPS) is 10.5. The van der Waals surface area contributed by atoms with Gasteiger partial charge in [-0.2, -0.15) is 0 Å². The van der Waals surface area contributed by atoms with Crippen molar-refractivity contribution in [2.24, 2.45) is 0 Å². The van der Waals surface area contributed by atoms with Gasteiger partial charge in [-0.15, -0.1) is 0 Å². The molecule has 0 saturated carbocycles. The van der Waals surface area contributed by atoms with Gasteiger partial charge in [0.05, 0.1) is 10.0 Å². The number of hydrogen-bond acceptors (Lipinski definition) is 2. The fraction of sp³-hybridized carbons (Fsp3) is 0. The second-order valence-corrected chi connectivity index (χ2v) is 5.36. The quantitative estimate of drug-likeness (QED) is 0.650. The molecule has 2 aromatic heterocycles. The summed E-state index contributed by atoms with van der Waals surface area (Å²) in [6.07, 6.45) is 3.14. The van der Waals surface area contributed by atoms with Crippen LogP contribution in [-0.4, -0.2) is 9.97 Å². The Balaban J connectivity index is 2.66. The highest BCUT2D eigenvalue weighted by atomic mass is 79.9. The number of halogens is 4. The summed E-state index contributed by atoms with van der Waals surface area (Å²) in [6.45, 7) is 0. The first-order chi connectivity index (χ1) is 7.58. The predicted octanol–water partition coefficient (Wildman–Crippen LogP) is 4.98. The van der Waals surface area contributed by atoms with Gasteiger partial charge in [-0.3, -0.25) is 0 Å². The molecule has 6 heteroatoms. The molecule has 2 nitrogen and oxygen atoms in total. The Labute approximate surface area is 119 Å². The molecule has 0 saturated heterocycles. The summed E-state index contributed by atoms with van der Waals surface area (Å²) in [6, 6.07) is 3.60. The van der Waals surface area contributed by atoms with Gasteiger partial charge >= 0.3 is 0 Å². The van der Waals surface area contributed by atoms with Crippen molar-refractivity contribution in [2.75, 3.05) is 0 Å². The SMILES string of the molecule is Clc1cnc(Br)c(-c2cc(Cl)cnc2Br)c1. The summed E-state index contributed by atoms with van der Waals surface area (Å²) in [5.74, 6) is 0. The Morgan fingerprint density at radius 3 is 1.56 bits per heavy atom. The fourth-order valence-corrected chi connectivity index (χ4v) is 2.40. The van der Waals surface area contributed by atoms with Gasteiger partial charge in [-0.05, 0) is 44.0 Å². The van der Waals surface area contributed by atoms with Gasteiger partial charge in [0.15, 0.2) is 0 Å². The van der Waals surface area contributed by atoms with E-state index in [2.05, 4.69) is 41.8 Å². The van der Waals surface area contributed by atoms with Gasteiger partial charge in [0.25, 0.3) is 0 Å². The van der Waals surface area contributed by atoms with E-state index in [-0.39, 0.29) is 0 Å². The first-order valence-electron chi connectivity index (χ1n) is 4.20. The lowest BCUT2D eigenvalue weighted by Crippen LogP contribution is -1.87. The summed E-state index contributed by atoms with van der Waals surface area (Å²) in [7, 11) is 0. The molecule has 0 unspecified atom stereocenters. The standard InChI is InChI=1S/C10H4Br2Cl2N2/c11-9-7(1-5(13)3-15-9)8-2-6(14)4-16-10(8)12/h1-4H. The summed E-state index contributed by atoms with van der Waals surface area (Å²) >= 11 is 18.5. The maximum atomic E-state index is 5.91. The second kappa shape index (κ2) is 5.00. The molecule has 0 bridgehead atoms. The van der Waals surface area contributed by atoms with E-state index in [0.29, 0.717) is 19.3 Å². The molecule has 0 fully saturated rings. The van der Waals surface area contributed by atoms with Crippen LogP contribution in [0, 0.1) is 0 Å². The Morgan fingerprint density at radius 2 is 1.19 bits per heavy atom. The summed E-state index contributed by atoms with van der Waals surface area (Å²) in [5.41, 5.74) is 1.68. The van der Waals surface area contributed by atoms with Crippen LogP contribution < -0.4 is 0 Å². The smallest absolute Gasteiger partial charge is 0.114 e. The fourth-order valence-electron chi connectivity index (χ4n) is 1.22. The van der Waals surface area contributed by atoms with Crippen molar-refractivity contribution < 1.29 is 0 Å². The molecule has 0 aliphatic rings. The monoisotopic (exact) mass is 380 g/mol. The highest BCUT2D eigenvalue weighted by Crippen LogP contribution is 2.34. The van der Waals surface area contributed by atoms with E-state index >= 15 is 0 Å². The van der Waals surface area contributed by atoms with Gasteiger partial charge in [0.2, 0.25) is 0 Å². The summed E-state index contributed by atoms with van der Waals surface area (Å²) in [4.78, 5) is 8.24. The number of nitrogens with zero attached hydrogens (tertiary/aromatic N) is 2. The van der Waals surface area contributed by atoms with Gasteiger partial charge in [0, 0.05) is 23.5 Å². The Morgan fingerprint density at radius 1 is 0.812 bits per heavy atom. The third kappa shape index (κ3) is 2.56. The van der Waals surface area contributed by atoms with Gasteiger partial charge in [-0.25, -0.2) is 9.97 Å². The molecule has 0 radical (unpaired) electrons. The van der Waals surface area contributed by atoms with Crippen molar-refractivity contribution in [3.8, 4) is 11.1 Å². The topological polar surface area (TPSA) is 25.8 Å². The van der Waals surface area contributed by atoms with Crippen molar-refractivity contribution >= 4 is 55.1 Å². The average molecular weight is 383 g/mol. The van der Waals surface area contributed by atoms with E-state index in [4.69, 9.17) is 23.2 Å². The van der Waals surface area contributed by atoms with Crippen LogP contribution in [0.3, 0.4) is 0 Å². The predicted molar refractivity (Wildman–Crippen MR) is 72.9 cm³/mol. The number of rotatable bonds is 1. The number of aromatic nitrogens is 2. The Hall–Kier alpha value is -0.160. The lowest BCUT2D eigenvalue weighted by molar-refractivity contribution is 1.24. The minimum Gasteiger partial charge on any atom is -0.247 e. The zero-order chi connectivity index (χ0) is 11.7. The van der Waals surface area contributed by atoms with Gasteiger partial charge in [0.1, 0.15) is 9.21 Å². The van der Waals surface area contributed by atoms with Crippen LogP contribution in [0.1, 0.15) is 0 Å². The lowest BCUT2D eigenvalue weighted by atomic mass is 10.1. The van der Waals surface area contributed by atoms with Crippen LogP contribution in [0.15, 0.2) is 33.7 Å². The van der Waals surface area contributed by atoms with Crippen LogP contribution in [0.25, 0.3) is 11.1 Å². The van der Waals surface area contributed by atoms with Crippen molar-refractivity contribution in [1.29, 1.82) is 0 Å². The number of pyridine rings is 2. The van der Waals surface area contributed by atoms with E-state index in [9.17, 15) is 0 Å². The van der Waals surface area contributed by atoms with Crippen molar-refractivity contribution in [3.05, 3.63) is 43.8 Å². The molecule has 0 N–H and O–H groups in total. The second-order valence-electron chi connectivity index (χ2n) is 2.98. The first-order valence-corrected chi connectivity index (χ1v) is 6.54. The third-order valence-electron chi connectivity index (χ3n) is 1.90. The summed E-state index contributed by atoms with van der Waals surface area (Å²) in [5, 5.41) is 1.12. The molecule has 82 valence electrons. The van der Waals surface area contributed by atoms with E-state index < -0.39 is 0 Å². The molecule has 0 aliphatic carbocycles. The van der Waals surface area contributed by atoms with E-state index in [1.54, 1.807) is 24.5 Å². The molecule has 0 atom stereocenters. The van der Waals surface area contributed by atoms with E-state index in [0.717, 1.165) is 11.1 Å². The van der Waals surface area contributed by atoms with Crippen LogP contribution in [0.5, 0.6) is 0 Å². The van der Waals surface area contributed by atoms with Crippen LogP contribution >= 0.6 is 55.1 Å². The maximum Gasteiger partial charge on any atom is 0.114 e. The van der Waals surface area contributed by atoms with Crippen LogP contribution in [0.4, 0.5) is 0 Å². The largest absolute Gasteiger partial charge is 0.247 e. The Bertz CT molecular complexity index is 497. The van der Waals surface area contributed by atoms with Crippen molar-refractivity contribution in [2.45, 2.75) is 0 Å². The minimum absolute atomic E-state index is 0.560. The minimum atomic E-state index is 0.560. The zero-order valence-corrected chi connectivity index (χ0v) is 12.4. The molecule has 0 aromatic carbocycles. The zero-order valence-electron chi connectivity index (χ0n) is 7.72. The number of hydrogen-bond donors (Lipinski definition) is 0. The van der Waals surface area contributed by atoms with E-state index in [1.807, 2.05) is 0 Å². The first kappa shape index (κ1) is 12.3. The highest BCUT2D eigenvalue weighted by molar-refractivity contribution is 9.11. The van der Waals surface area contributed by atoms with Crippen LogP contribution in [-0.2, 0) is 0 Å². The van der Waals surface area contributed by atoms with Crippen LogP contribution in [0.2, 0.25) is 10.0 Å². The highest BCUT2D eigenvalue weighted by Gasteiger charge is 2.10.